The van der Waals surface area contributed by atoms with E-state index in [9.17, 15) is 17.2 Å². The number of halogens is 2. The van der Waals surface area contributed by atoms with Gasteiger partial charge in [-0.05, 0) is 36.4 Å². The van der Waals surface area contributed by atoms with E-state index < -0.39 is 21.7 Å². The van der Waals surface area contributed by atoms with Crippen molar-refractivity contribution in [3.8, 4) is 0 Å². The zero-order valence-electron chi connectivity index (χ0n) is 13.4. The van der Waals surface area contributed by atoms with Gasteiger partial charge < -0.3 is 5.32 Å². The predicted molar refractivity (Wildman–Crippen MR) is 93.0 cm³/mol. The fraction of sp³-hybridized carbons (Fsp3) is 0.0588. The van der Waals surface area contributed by atoms with Crippen LogP contribution >= 0.6 is 0 Å². The molecule has 0 saturated carbocycles. The summed E-state index contributed by atoms with van der Waals surface area (Å²) in [5.74, 6) is -1.30. The van der Waals surface area contributed by atoms with Crippen molar-refractivity contribution in [3.05, 3.63) is 78.3 Å². The van der Waals surface area contributed by atoms with E-state index >= 15 is 0 Å². The maximum absolute atomic E-state index is 13.2. The third-order valence-electron chi connectivity index (χ3n) is 3.34. The minimum Gasteiger partial charge on any atom is -0.364 e. The highest BCUT2D eigenvalue weighted by Gasteiger charge is 2.16. The lowest BCUT2D eigenvalue weighted by atomic mass is 10.3. The minimum absolute atomic E-state index is 0.134. The summed E-state index contributed by atoms with van der Waals surface area (Å²) in [5.41, 5.74) is 0.598. The Kier molecular flexibility index (Phi) is 5.08. The van der Waals surface area contributed by atoms with Gasteiger partial charge in [-0.1, -0.05) is 6.07 Å². The average molecular weight is 376 g/mol. The van der Waals surface area contributed by atoms with Crippen LogP contribution in [0.15, 0.2) is 65.8 Å². The second-order valence-corrected chi connectivity index (χ2v) is 7.00. The van der Waals surface area contributed by atoms with Crippen LogP contribution in [-0.2, 0) is 16.6 Å². The minimum atomic E-state index is -4.02. The van der Waals surface area contributed by atoms with Crippen LogP contribution in [0, 0.1) is 11.6 Å². The molecule has 0 fully saturated rings. The highest BCUT2D eigenvalue weighted by atomic mass is 32.2. The molecule has 2 N–H and O–H groups in total. The van der Waals surface area contributed by atoms with Crippen molar-refractivity contribution in [2.45, 2.75) is 11.4 Å². The largest absolute Gasteiger partial charge is 0.364 e. The van der Waals surface area contributed by atoms with Gasteiger partial charge in [0.15, 0.2) is 0 Å². The van der Waals surface area contributed by atoms with Crippen LogP contribution < -0.4 is 10.0 Å². The lowest BCUT2D eigenvalue weighted by molar-refractivity contribution is 0.584. The molecule has 134 valence electrons. The Morgan fingerprint density at radius 3 is 2.35 bits per heavy atom. The molecule has 0 aliphatic heterocycles. The van der Waals surface area contributed by atoms with Crippen molar-refractivity contribution in [2.24, 2.45) is 0 Å². The molecule has 2 aromatic heterocycles. The van der Waals surface area contributed by atoms with E-state index in [1.54, 1.807) is 12.3 Å². The lowest BCUT2D eigenvalue weighted by Gasteiger charge is -2.09. The molecule has 0 saturated heterocycles. The summed E-state index contributed by atoms with van der Waals surface area (Å²) in [7, 11) is -4.02. The van der Waals surface area contributed by atoms with Gasteiger partial charge in [-0.15, -0.1) is 0 Å². The standard InChI is InChI=1S/C17H14F2N4O2S/c18-12-7-13(19)9-15(8-12)23-26(24,25)16-4-5-17(22-11-16)21-10-14-3-1-2-6-20-14/h1-9,11,23H,10H2,(H,21,22). The number of nitrogens with one attached hydrogen (secondary N) is 2. The Morgan fingerprint density at radius 1 is 0.962 bits per heavy atom. The van der Waals surface area contributed by atoms with Crippen LogP contribution in [0.25, 0.3) is 0 Å². The Labute approximate surface area is 149 Å². The monoisotopic (exact) mass is 376 g/mol. The van der Waals surface area contributed by atoms with Crippen molar-refractivity contribution in [1.82, 2.24) is 9.97 Å². The van der Waals surface area contributed by atoms with Crippen molar-refractivity contribution >= 4 is 21.5 Å². The van der Waals surface area contributed by atoms with Gasteiger partial charge in [-0.3, -0.25) is 9.71 Å². The number of nitrogens with zero attached hydrogens (tertiary/aromatic N) is 2. The van der Waals surface area contributed by atoms with Gasteiger partial charge in [0.05, 0.1) is 17.9 Å². The summed E-state index contributed by atoms with van der Waals surface area (Å²) in [5, 5.41) is 3.02. The molecule has 1 aromatic carbocycles. The Morgan fingerprint density at radius 2 is 1.73 bits per heavy atom. The van der Waals surface area contributed by atoms with Gasteiger partial charge in [0.1, 0.15) is 22.3 Å². The van der Waals surface area contributed by atoms with Crippen molar-refractivity contribution in [1.29, 1.82) is 0 Å². The van der Waals surface area contributed by atoms with Crippen LogP contribution in [0.3, 0.4) is 0 Å². The number of sulfonamides is 1. The van der Waals surface area contributed by atoms with Crippen molar-refractivity contribution in [2.75, 3.05) is 10.0 Å². The Bertz CT molecular complexity index is 977. The molecule has 3 aromatic rings. The Balaban J connectivity index is 1.70. The number of hydrogen-bond donors (Lipinski definition) is 2. The van der Waals surface area contributed by atoms with Gasteiger partial charge in [-0.2, -0.15) is 0 Å². The third-order valence-corrected chi connectivity index (χ3v) is 4.70. The predicted octanol–water partition coefficient (Wildman–Crippen LogP) is 3.17. The quantitative estimate of drug-likeness (QED) is 0.690. The highest BCUT2D eigenvalue weighted by Crippen LogP contribution is 2.19. The molecule has 9 heteroatoms. The molecular weight excluding hydrogens is 362 g/mol. The molecule has 26 heavy (non-hydrogen) atoms. The summed E-state index contributed by atoms with van der Waals surface area (Å²) in [6, 6.07) is 10.8. The number of pyridine rings is 2. The summed E-state index contributed by atoms with van der Waals surface area (Å²) < 4.78 is 53.1. The van der Waals surface area contributed by atoms with Gasteiger partial charge in [0.2, 0.25) is 0 Å². The molecule has 0 aliphatic rings. The first-order valence-electron chi connectivity index (χ1n) is 7.51. The van der Waals surface area contributed by atoms with Crippen molar-refractivity contribution in [3.63, 3.8) is 0 Å². The number of hydrogen-bond acceptors (Lipinski definition) is 5. The van der Waals surface area contributed by atoms with E-state index in [0.29, 0.717) is 18.4 Å². The maximum Gasteiger partial charge on any atom is 0.263 e. The third kappa shape index (κ3) is 4.51. The fourth-order valence-corrected chi connectivity index (χ4v) is 3.14. The molecule has 0 aliphatic carbocycles. The molecule has 0 bridgehead atoms. The number of anilines is 2. The Hall–Kier alpha value is -3.07. The zero-order chi connectivity index (χ0) is 18.6. The first-order chi connectivity index (χ1) is 12.4. The molecule has 0 spiro atoms. The van der Waals surface area contributed by atoms with Gasteiger partial charge >= 0.3 is 0 Å². The second kappa shape index (κ2) is 7.44. The van der Waals surface area contributed by atoms with E-state index in [-0.39, 0.29) is 10.6 Å². The van der Waals surface area contributed by atoms with Crippen LogP contribution in [-0.4, -0.2) is 18.4 Å². The van der Waals surface area contributed by atoms with Crippen LogP contribution in [0.1, 0.15) is 5.69 Å². The number of rotatable bonds is 6. The smallest absolute Gasteiger partial charge is 0.263 e. The van der Waals surface area contributed by atoms with Gasteiger partial charge in [-0.25, -0.2) is 22.2 Å². The van der Waals surface area contributed by atoms with E-state index in [1.165, 1.54) is 12.1 Å². The molecular formula is C17H14F2N4O2S. The number of aromatic nitrogens is 2. The number of benzene rings is 1. The van der Waals surface area contributed by atoms with Crippen molar-refractivity contribution < 1.29 is 17.2 Å². The molecule has 0 atom stereocenters. The lowest BCUT2D eigenvalue weighted by Crippen LogP contribution is -2.14. The second-order valence-electron chi connectivity index (χ2n) is 5.32. The topological polar surface area (TPSA) is 84.0 Å². The SMILES string of the molecule is O=S(=O)(Nc1cc(F)cc(F)c1)c1ccc(NCc2ccccn2)nc1. The zero-order valence-corrected chi connectivity index (χ0v) is 14.2. The summed E-state index contributed by atoms with van der Waals surface area (Å²) in [6.45, 7) is 0.431. The maximum atomic E-state index is 13.2. The normalized spacial score (nSPS) is 11.2. The average Bonchev–Trinajstić information content (AvgIpc) is 2.60. The molecule has 0 amide bonds. The summed E-state index contributed by atoms with van der Waals surface area (Å²) in [6.07, 6.45) is 2.82. The molecule has 0 radical (unpaired) electrons. The summed E-state index contributed by atoms with van der Waals surface area (Å²) in [4.78, 5) is 8.05. The van der Waals surface area contributed by atoms with E-state index in [2.05, 4.69) is 20.0 Å². The van der Waals surface area contributed by atoms with Crippen LogP contribution in [0.2, 0.25) is 0 Å². The highest BCUT2D eigenvalue weighted by molar-refractivity contribution is 7.92. The first-order valence-corrected chi connectivity index (χ1v) is 8.99. The first kappa shape index (κ1) is 17.7. The molecule has 0 unspecified atom stereocenters. The van der Waals surface area contributed by atoms with Crippen LogP contribution in [0.5, 0.6) is 0 Å². The van der Waals surface area contributed by atoms with E-state index in [1.807, 2.05) is 12.1 Å². The fourth-order valence-electron chi connectivity index (χ4n) is 2.15. The van der Waals surface area contributed by atoms with E-state index in [4.69, 9.17) is 0 Å². The van der Waals surface area contributed by atoms with E-state index in [0.717, 1.165) is 24.0 Å². The van der Waals surface area contributed by atoms with Gasteiger partial charge in [0.25, 0.3) is 10.0 Å². The summed E-state index contributed by atoms with van der Waals surface area (Å²) >= 11 is 0. The molecule has 3 rings (SSSR count). The molecule has 2 heterocycles. The molecule has 6 nitrogen and oxygen atoms in total. The van der Waals surface area contributed by atoms with Gasteiger partial charge in [0, 0.05) is 18.5 Å². The van der Waals surface area contributed by atoms with Crippen LogP contribution in [0.4, 0.5) is 20.3 Å².